The summed E-state index contributed by atoms with van der Waals surface area (Å²) in [6.45, 7) is 4.12. The fraction of sp³-hybridized carbons (Fsp3) is 0.565. The molecule has 5 rings (SSSR count). The van der Waals surface area contributed by atoms with E-state index < -0.39 is 9.84 Å². The molecule has 0 spiro atoms. The van der Waals surface area contributed by atoms with Crippen LogP contribution in [0.4, 0.5) is 11.6 Å². The molecule has 0 radical (unpaired) electrons. The fourth-order valence-electron chi connectivity index (χ4n) is 5.41. The molecule has 1 aromatic carbocycles. The van der Waals surface area contributed by atoms with Gasteiger partial charge in [0.1, 0.15) is 0 Å². The lowest BCUT2D eigenvalue weighted by molar-refractivity contribution is 0.342. The van der Waals surface area contributed by atoms with E-state index in [1.807, 2.05) is 12.1 Å². The van der Waals surface area contributed by atoms with Crippen LogP contribution in [0.5, 0.6) is 0 Å². The molecule has 0 amide bonds. The molecule has 2 atom stereocenters. The Balaban J connectivity index is 1.10. The van der Waals surface area contributed by atoms with Gasteiger partial charge in [0.25, 0.3) is 0 Å². The Bertz CT molecular complexity index is 1050. The van der Waals surface area contributed by atoms with Crippen LogP contribution in [-0.4, -0.2) is 50.8 Å². The van der Waals surface area contributed by atoms with E-state index in [0.717, 1.165) is 56.3 Å². The van der Waals surface area contributed by atoms with E-state index in [1.54, 1.807) is 18.5 Å². The highest BCUT2D eigenvalue weighted by Crippen LogP contribution is 2.50. The Labute approximate surface area is 189 Å². The van der Waals surface area contributed by atoms with Gasteiger partial charge in [0.15, 0.2) is 9.84 Å². The van der Waals surface area contributed by atoms with Gasteiger partial charge in [0.05, 0.1) is 22.3 Å². The predicted molar refractivity (Wildman–Crippen MR) is 124 cm³/mol. The van der Waals surface area contributed by atoms with Crippen LogP contribution in [0, 0.1) is 17.8 Å². The average molecular weight is 461 g/mol. The lowest BCUT2D eigenvalue weighted by Gasteiger charge is -2.32. The van der Waals surface area contributed by atoms with E-state index >= 15 is 0 Å². The van der Waals surface area contributed by atoms with Crippen molar-refractivity contribution in [2.24, 2.45) is 17.8 Å². The lowest BCUT2D eigenvalue weighted by Crippen LogP contribution is -2.35. The summed E-state index contributed by atoms with van der Waals surface area (Å²) in [5, 5.41) is 0.580. The lowest BCUT2D eigenvalue weighted by atomic mass is 9.90. The number of sulfone groups is 1. The summed E-state index contributed by atoms with van der Waals surface area (Å²) in [6.07, 6.45) is 10.6. The molecule has 1 saturated heterocycles. The largest absolute Gasteiger partial charge is 0.371 e. The Morgan fingerprint density at radius 1 is 1.13 bits per heavy atom. The van der Waals surface area contributed by atoms with Gasteiger partial charge in [0.2, 0.25) is 5.95 Å². The molecular formula is C23H29ClN4O2S. The summed E-state index contributed by atoms with van der Waals surface area (Å²) >= 11 is 5.90. The van der Waals surface area contributed by atoms with Crippen LogP contribution in [0.2, 0.25) is 5.02 Å². The predicted octanol–water partition coefficient (Wildman–Crippen LogP) is 3.84. The van der Waals surface area contributed by atoms with E-state index in [4.69, 9.17) is 11.6 Å². The molecule has 2 aliphatic heterocycles. The normalized spacial score (nSPS) is 23.8. The zero-order valence-corrected chi connectivity index (χ0v) is 19.4. The summed E-state index contributed by atoms with van der Waals surface area (Å²) in [5.41, 5.74) is 2.40. The third-order valence-electron chi connectivity index (χ3n) is 7.25. The molecule has 0 N–H and O–H groups in total. The van der Waals surface area contributed by atoms with Crippen LogP contribution >= 0.6 is 11.6 Å². The maximum atomic E-state index is 11.8. The van der Waals surface area contributed by atoms with Crippen molar-refractivity contribution >= 4 is 33.1 Å². The summed E-state index contributed by atoms with van der Waals surface area (Å²) in [4.78, 5) is 13.9. The smallest absolute Gasteiger partial charge is 0.225 e. The number of rotatable bonds is 6. The van der Waals surface area contributed by atoms with Gasteiger partial charge in [-0.1, -0.05) is 11.6 Å². The second kappa shape index (κ2) is 8.24. The van der Waals surface area contributed by atoms with E-state index in [9.17, 15) is 8.42 Å². The number of anilines is 2. The molecule has 1 saturated carbocycles. The van der Waals surface area contributed by atoms with Gasteiger partial charge in [-0.25, -0.2) is 18.4 Å². The van der Waals surface area contributed by atoms with Crippen LogP contribution in [0.15, 0.2) is 35.5 Å². The SMILES string of the molecule is CS(=O)(=O)c1ccc2c(c1)CCN2CC[C@@H]1C[C@@H]1C1CCN(c2ncc(Cl)cn2)CC1. The van der Waals surface area contributed by atoms with Crippen molar-refractivity contribution in [2.45, 2.75) is 37.0 Å². The maximum absolute atomic E-state index is 11.8. The highest BCUT2D eigenvalue weighted by atomic mass is 35.5. The van der Waals surface area contributed by atoms with E-state index in [-0.39, 0.29) is 0 Å². The first-order valence-corrected chi connectivity index (χ1v) is 13.5. The van der Waals surface area contributed by atoms with Crippen LogP contribution in [-0.2, 0) is 16.3 Å². The molecule has 1 aromatic heterocycles. The van der Waals surface area contributed by atoms with Crippen LogP contribution in [0.25, 0.3) is 0 Å². The van der Waals surface area contributed by atoms with Crippen molar-refractivity contribution in [3.63, 3.8) is 0 Å². The molecule has 2 aromatic rings. The third kappa shape index (κ3) is 4.53. The van der Waals surface area contributed by atoms with E-state index in [2.05, 4.69) is 19.8 Å². The van der Waals surface area contributed by atoms with Crippen molar-refractivity contribution in [3.8, 4) is 0 Å². The molecule has 0 unspecified atom stereocenters. The fourth-order valence-corrected chi connectivity index (χ4v) is 6.18. The number of nitrogens with zero attached hydrogens (tertiary/aromatic N) is 4. The number of fused-ring (bicyclic) bond motifs is 1. The zero-order valence-electron chi connectivity index (χ0n) is 17.9. The van der Waals surface area contributed by atoms with Crippen molar-refractivity contribution in [1.82, 2.24) is 9.97 Å². The molecule has 1 aliphatic carbocycles. The number of piperidine rings is 1. The van der Waals surface area contributed by atoms with Crippen molar-refractivity contribution in [1.29, 1.82) is 0 Å². The topological polar surface area (TPSA) is 66.4 Å². The molecule has 2 fully saturated rings. The number of halogens is 1. The minimum absolute atomic E-state index is 0.436. The van der Waals surface area contributed by atoms with Gasteiger partial charge in [-0.05, 0) is 73.6 Å². The highest BCUT2D eigenvalue weighted by Gasteiger charge is 2.43. The van der Waals surface area contributed by atoms with Gasteiger partial charge >= 0.3 is 0 Å². The van der Waals surface area contributed by atoms with Gasteiger partial charge in [0, 0.05) is 38.1 Å². The van der Waals surface area contributed by atoms with Crippen LogP contribution < -0.4 is 9.80 Å². The maximum Gasteiger partial charge on any atom is 0.225 e. The molecule has 6 nitrogen and oxygen atoms in total. The minimum Gasteiger partial charge on any atom is -0.371 e. The van der Waals surface area contributed by atoms with Crippen molar-refractivity contribution in [2.75, 3.05) is 42.2 Å². The van der Waals surface area contributed by atoms with Gasteiger partial charge in [-0.3, -0.25) is 0 Å². The first-order chi connectivity index (χ1) is 14.9. The number of hydrogen-bond acceptors (Lipinski definition) is 6. The van der Waals surface area contributed by atoms with Gasteiger partial charge in [-0.2, -0.15) is 0 Å². The van der Waals surface area contributed by atoms with Crippen molar-refractivity contribution in [3.05, 3.63) is 41.2 Å². The first-order valence-electron chi connectivity index (χ1n) is 11.2. The second-order valence-corrected chi connectivity index (χ2v) is 11.7. The standard InChI is InChI=1S/C23H29ClN4O2S/c1-31(29,30)20-2-3-22-18(12-20)7-9-27(22)8-6-17-13-21(17)16-4-10-28(11-5-16)23-25-14-19(24)15-26-23/h2-3,12,14-17,21H,4-11,13H2,1H3/t17-,21-/m1/s1. The average Bonchev–Trinajstić information content (AvgIpc) is 3.43. The monoisotopic (exact) mass is 460 g/mol. The summed E-state index contributed by atoms with van der Waals surface area (Å²) in [6, 6.07) is 5.62. The molecule has 3 aliphatic rings. The van der Waals surface area contributed by atoms with Gasteiger partial charge < -0.3 is 9.80 Å². The Morgan fingerprint density at radius 3 is 2.58 bits per heavy atom. The van der Waals surface area contributed by atoms with Crippen LogP contribution in [0.3, 0.4) is 0 Å². The van der Waals surface area contributed by atoms with Crippen molar-refractivity contribution < 1.29 is 8.42 Å². The molecule has 8 heteroatoms. The number of benzene rings is 1. The Hall–Kier alpha value is -1.86. The minimum atomic E-state index is -3.14. The molecule has 0 bridgehead atoms. The van der Waals surface area contributed by atoms with E-state index in [0.29, 0.717) is 9.92 Å². The number of aromatic nitrogens is 2. The highest BCUT2D eigenvalue weighted by molar-refractivity contribution is 7.90. The number of hydrogen-bond donors (Lipinski definition) is 0. The summed E-state index contributed by atoms with van der Waals surface area (Å²) in [7, 11) is -3.14. The first kappa shape index (κ1) is 21.0. The van der Waals surface area contributed by atoms with Gasteiger partial charge in [-0.15, -0.1) is 0 Å². The molecular weight excluding hydrogens is 432 g/mol. The Kier molecular flexibility index (Phi) is 5.59. The Morgan fingerprint density at radius 2 is 1.87 bits per heavy atom. The van der Waals surface area contributed by atoms with E-state index in [1.165, 1.54) is 43.2 Å². The van der Waals surface area contributed by atoms with Crippen LogP contribution in [0.1, 0.15) is 31.2 Å². The molecule has 166 valence electrons. The molecule has 31 heavy (non-hydrogen) atoms. The quantitative estimate of drug-likeness (QED) is 0.652. The summed E-state index contributed by atoms with van der Waals surface area (Å²) < 4.78 is 23.6. The molecule has 3 heterocycles. The second-order valence-electron chi connectivity index (χ2n) is 9.27. The summed E-state index contributed by atoms with van der Waals surface area (Å²) in [5.74, 6) is 3.31. The third-order valence-corrected chi connectivity index (χ3v) is 8.56. The zero-order chi connectivity index (χ0) is 21.6.